The maximum absolute atomic E-state index is 11.8. The highest BCUT2D eigenvalue weighted by Gasteiger charge is 2.19. The molecule has 2 heterocycles. The summed E-state index contributed by atoms with van der Waals surface area (Å²) < 4.78 is 25.1. The number of hydrogen-bond acceptors (Lipinski definition) is 5. The molecule has 0 aliphatic heterocycles. The Hall–Kier alpha value is -2.28. The molecule has 3 aromatic rings. The lowest BCUT2D eigenvalue weighted by molar-refractivity contribution is 0.597. The fourth-order valence-electron chi connectivity index (χ4n) is 1.88. The molecule has 0 spiro atoms. The molecule has 96 valence electrons. The first-order chi connectivity index (χ1) is 9.07. The zero-order valence-corrected chi connectivity index (χ0v) is 10.9. The largest absolute Gasteiger partial charge is 0.230 e. The number of fused-ring (bicyclic) bond motifs is 1. The van der Waals surface area contributed by atoms with E-state index in [1.54, 1.807) is 10.9 Å². The summed E-state index contributed by atoms with van der Waals surface area (Å²) in [5.74, 6) is 0. The molecule has 0 amide bonds. The molecule has 0 saturated carbocycles. The van der Waals surface area contributed by atoms with Gasteiger partial charge in [-0.2, -0.15) is 10.2 Å². The smallest absolute Gasteiger partial charge is 0.203 e. The highest BCUT2D eigenvalue weighted by Crippen LogP contribution is 2.22. The van der Waals surface area contributed by atoms with Gasteiger partial charge in [0.25, 0.3) is 0 Å². The second-order valence-corrected chi connectivity index (χ2v) is 6.05. The lowest BCUT2D eigenvalue weighted by atomic mass is 10.3. The van der Waals surface area contributed by atoms with E-state index in [0.29, 0.717) is 10.9 Å². The summed E-state index contributed by atoms with van der Waals surface area (Å²) in [4.78, 5) is 0. The number of aromatic nitrogens is 4. The second-order valence-electron chi connectivity index (χ2n) is 4.12. The summed E-state index contributed by atoms with van der Waals surface area (Å²) in [5.41, 5.74) is 1.22. The van der Waals surface area contributed by atoms with Crippen molar-refractivity contribution in [2.45, 2.75) is 5.03 Å². The lowest BCUT2D eigenvalue weighted by Gasteiger charge is -2.05. The molecule has 0 saturated heterocycles. The van der Waals surface area contributed by atoms with Crippen LogP contribution in [0.2, 0.25) is 0 Å². The second kappa shape index (κ2) is 4.13. The lowest BCUT2D eigenvalue weighted by Crippen LogP contribution is -2.06. The van der Waals surface area contributed by atoms with E-state index in [2.05, 4.69) is 15.3 Å². The number of hydrogen-bond donors (Lipinski definition) is 0. The van der Waals surface area contributed by atoms with Crippen molar-refractivity contribution in [2.75, 3.05) is 6.26 Å². The number of rotatable bonds is 2. The Kier molecular flexibility index (Phi) is 2.56. The summed E-state index contributed by atoms with van der Waals surface area (Å²) in [6.07, 6.45) is 4.18. The summed E-state index contributed by atoms with van der Waals surface area (Å²) >= 11 is 0. The highest BCUT2D eigenvalue weighted by molar-refractivity contribution is 7.90. The van der Waals surface area contributed by atoms with Gasteiger partial charge in [0.1, 0.15) is 5.52 Å². The summed E-state index contributed by atoms with van der Waals surface area (Å²) in [7, 11) is -3.46. The van der Waals surface area contributed by atoms with E-state index in [-0.39, 0.29) is 5.03 Å². The third-order valence-corrected chi connectivity index (χ3v) is 3.67. The standard InChI is InChI=1S/C12H10N4O2S/c1-19(17,18)12-11-9(7-13-15-12)8-14-16(11)10-5-3-2-4-6-10/h2-8H,1H3. The fourth-order valence-corrected chi connectivity index (χ4v) is 2.63. The molecule has 3 rings (SSSR count). The van der Waals surface area contributed by atoms with Gasteiger partial charge in [-0.25, -0.2) is 13.1 Å². The molecular weight excluding hydrogens is 264 g/mol. The van der Waals surface area contributed by atoms with Crippen molar-refractivity contribution in [2.24, 2.45) is 0 Å². The van der Waals surface area contributed by atoms with E-state index in [9.17, 15) is 8.42 Å². The van der Waals surface area contributed by atoms with E-state index in [0.717, 1.165) is 11.9 Å². The highest BCUT2D eigenvalue weighted by atomic mass is 32.2. The van der Waals surface area contributed by atoms with E-state index in [1.165, 1.54) is 6.20 Å². The minimum absolute atomic E-state index is 0.0636. The predicted octanol–water partition coefficient (Wildman–Crippen LogP) is 1.22. The van der Waals surface area contributed by atoms with Gasteiger partial charge in [-0.05, 0) is 12.1 Å². The zero-order valence-electron chi connectivity index (χ0n) is 10.1. The predicted molar refractivity (Wildman–Crippen MR) is 69.8 cm³/mol. The van der Waals surface area contributed by atoms with Crippen LogP contribution in [0.15, 0.2) is 47.8 Å². The third-order valence-electron chi connectivity index (χ3n) is 2.70. The van der Waals surface area contributed by atoms with Crippen LogP contribution in [-0.2, 0) is 9.84 Å². The summed E-state index contributed by atoms with van der Waals surface area (Å²) in [6.45, 7) is 0. The van der Waals surface area contributed by atoms with Crippen molar-refractivity contribution in [3.05, 3.63) is 42.7 Å². The Morgan fingerprint density at radius 3 is 2.53 bits per heavy atom. The Morgan fingerprint density at radius 2 is 1.84 bits per heavy atom. The SMILES string of the molecule is CS(=O)(=O)c1nncc2cnn(-c3ccccc3)c12. The molecule has 0 aliphatic rings. The molecule has 0 bridgehead atoms. The van der Waals surface area contributed by atoms with Gasteiger partial charge < -0.3 is 0 Å². The molecule has 0 atom stereocenters. The number of para-hydroxylation sites is 1. The molecule has 0 unspecified atom stereocenters. The molecule has 0 aliphatic carbocycles. The average molecular weight is 274 g/mol. The Morgan fingerprint density at radius 1 is 1.11 bits per heavy atom. The average Bonchev–Trinajstić information content (AvgIpc) is 2.82. The first-order valence-corrected chi connectivity index (χ1v) is 7.41. The number of sulfone groups is 1. The van der Waals surface area contributed by atoms with Crippen LogP contribution in [0.25, 0.3) is 16.6 Å². The zero-order chi connectivity index (χ0) is 13.5. The van der Waals surface area contributed by atoms with Gasteiger partial charge >= 0.3 is 0 Å². The van der Waals surface area contributed by atoms with Crippen LogP contribution in [0.5, 0.6) is 0 Å². The topological polar surface area (TPSA) is 77.7 Å². The molecule has 1 aromatic carbocycles. The normalized spacial score (nSPS) is 11.8. The van der Waals surface area contributed by atoms with Gasteiger partial charge in [-0.15, -0.1) is 5.10 Å². The summed E-state index contributed by atoms with van der Waals surface area (Å²) in [5, 5.41) is 12.2. The van der Waals surface area contributed by atoms with E-state index < -0.39 is 9.84 Å². The molecule has 0 fully saturated rings. The van der Waals surface area contributed by atoms with Crippen LogP contribution in [0, 0.1) is 0 Å². The van der Waals surface area contributed by atoms with E-state index >= 15 is 0 Å². The van der Waals surface area contributed by atoms with E-state index in [4.69, 9.17) is 0 Å². The van der Waals surface area contributed by atoms with Crippen molar-refractivity contribution in [3.8, 4) is 5.69 Å². The van der Waals surface area contributed by atoms with Gasteiger partial charge in [-0.3, -0.25) is 0 Å². The first-order valence-electron chi connectivity index (χ1n) is 5.52. The maximum Gasteiger partial charge on any atom is 0.203 e. The van der Waals surface area contributed by atoms with Crippen LogP contribution >= 0.6 is 0 Å². The van der Waals surface area contributed by atoms with Gasteiger partial charge in [0.2, 0.25) is 5.03 Å². The van der Waals surface area contributed by atoms with Crippen molar-refractivity contribution >= 4 is 20.7 Å². The van der Waals surface area contributed by atoms with Crippen molar-refractivity contribution < 1.29 is 8.42 Å². The van der Waals surface area contributed by atoms with Crippen LogP contribution in [0.3, 0.4) is 0 Å². The Bertz CT molecular complexity index is 841. The van der Waals surface area contributed by atoms with Crippen molar-refractivity contribution in [1.82, 2.24) is 20.0 Å². The Labute approximate surface area is 109 Å². The minimum atomic E-state index is -3.46. The first kappa shape index (κ1) is 11.8. The number of benzene rings is 1. The van der Waals surface area contributed by atoms with Gasteiger partial charge in [-0.1, -0.05) is 18.2 Å². The minimum Gasteiger partial charge on any atom is -0.230 e. The van der Waals surface area contributed by atoms with Gasteiger partial charge in [0.05, 0.1) is 18.1 Å². The number of nitrogens with zero attached hydrogens (tertiary/aromatic N) is 4. The van der Waals surface area contributed by atoms with E-state index in [1.807, 2.05) is 30.3 Å². The van der Waals surface area contributed by atoms with Crippen molar-refractivity contribution in [3.63, 3.8) is 0 Å². The van der Waals surface area contributed by atoms with Crippen LogP contribution in [0.1, 0.15) is 0 Å². The summed E-state index contributed by atoms with van der Waals surface area (Å²) in [6, 6.07) is 9.29. The molecule has 0 radical (unpaired) electrons. The fraction of sp³-hybridized carbons (Fsp3) is 0.0833. The van der Waals surface area contributed by atoms with Crippen molar-refractivity contribution in [1.29, 1.82) is 0 Å². The van der Waals surface area contributed by atoms with Gasteiger partial charge in [0, 0.05) is 11.6 Å². The molecule has 0 N–H and O–H groups in total. The van der Waals surface area contributed by atoms with Crippen LogP contribution in [-0.4, -0.2) is 34.7 Å². The van der Waals surface area contributed by atoms with Crippen LogP contribution < -0.4 is 0 Å². The molecule has 2 aromatic heterocycles. The molecule has 19 heavy (non-hydrogen) atoms. The quantitative estimate of drug-likeness (QED) is 0.702. The van der Waals surface area contributed by atoms with Gasteiger partial charge in [0.15, 0.2) is 9.84 Å². The third kappa shape index (κ3) is 1.97. The van der Waals surface area contributed by atoms with Crippen LogP contribution in [0.4, 0.5) is 0 Å². The molecule has 7 heteroatoms. The molecule has 6 nitrogen and oxygen atoms in total. The monoisotopic (exact) mass is 274 g/mol. The Balaban J connectivity index is 2.40. The molecular formula is C12H10N4O2S. The maximum atomic E-state index is 11.8.